The zero-order valence-electron chi connectivity index (χ0n) is 8.61. The monoisotopic (exact) mass is 194 g/mol. The number of benzene rings is 1. The average Bonchev–Trinajstić information content (AvgIpc) is 2.18. The molecule has 0 aliphatic rings. The maximum atomic E-state index is 11.0. The Morgan fingerprint density at radius 3 is 2.36 bits per heavy atom. The zero-order chi connectivity index (χ0) is 10.6. The van der Waals surface area contributed by atoms with E-state index in [4.69, 9.17) is 9.47 Å². The Balaban J connectivity index is 2.80. The van der Waals surface area contributed by atoms with E-state index in [1.165, 1.54) is 6.92 Å². The minimum Gasteiger partial charge on any atom is -0.493 e. The third-order valence-corrected chi connectivity index (χ3v) is 1.95. The number of Topliss-reactive ketones (excluding diaryl/α,β-unsaturated/α-hetero) is 1. The van der Waals surface area contributed by atoms with E-state index >= 15 is 0 Å². The largest absolute Gasteiger partial charge is 0.493 e. The topological polar surface area (TPSA) is 35.5 Å². The van der Waals surface area contributed by atoms with E-state index in [0.29, 0.717) is 11.5 Å². The summed E-state index contributed by atoms with van der Waals surface area (Å²) < 4.78 is 10.5. The van der Waals surface area contributed by atoms with Crippen molar-refractivity contribution in [1.82, 2.24) is 0 Å². The van der Waals surface area contributed by atoms with Gasteiger partial charge in [0.15, 0.2) is 23.4 Å². The molecule has 14 heavy (non-hydrogen) atoms. The summed E-state index contributed by atoms with van der Waals surface area (Å²) in [5.41, 5.74) is 0. The number of ether oxygens (including phenoxy) is 2. The van der Waals surface area contributed by atoms with Gasteiger partial charge in [-0.3, -0.25) is 4.79 Å². The van der Waals surface area contributed by atoms with Crippen molar-refractivity contribution in [2.75, 3.05) is 7.11 Å². The summed E-state index contributed by atoms with van der Waals surface area (Å²) in [7, 11) is 1.57. The molecule has 0 fully saturated rings. The van der Waals surface area contributed by atoms with Crippen LogP contribution in [0.5, 0.6) is 11.5 Å². The number of hydrogen-bond acceptors (Lipinski definition) is 3. The molecule has 3 nitrogen and oxygen atoms in total. The van der Waals surface area contributed by atoms with E-state index < -0.39 is 6.10 Å². The van der Waals surface area contributed by atoms with Crippen LogP contribution in [0.2, 0.25) is 0 Å². The highest BCUT2D eigenvalue weighted by molar-refractivity contribution is 5.80. The number of hydrogen-bond donors (Lipinski definition) is 0. The number of para-hydroxylation sites is 2. The quantitative estimate of drug-likeness (QED) is 0.735. The van der Waals surface area contributed by atoms with Crippen LogP contribution >= 0.6 is 0 Å². The van der Waals surface area contributed by atoms with Crippen LogP contribution < -0.4 is 9.47 Å². The Morgan fingerprint density at radius 2 is 1.86 bits per heavy atom. The summed E-state index contributed by atoms with van der Waals surface area (Å²) >= 11 is 0. The van der Waals surface area contributed by atoms with Crippen LogP contribution in [0, 0.1) is 0 Å². The van der Waals surface area contributed by atoms with Crippen LogP contribution in [-0.4, -0.2) is 19.0 Å². The molecule has 0 unspecified atom stereocenters. The summed E-state index contributed by atoms with van der Waals surface area (Å²) in [5, 5.41) is 0. The maximum absolute atomic E-state index is 11.0. The standard InChI is InChI=1S/C11H14O3/c1-8(12)9(2)14-11-7-5-4-6-10(11)13-3/h4-7,9H,1-3H3/t9-/m1/s1. The Bertz CT molecular complexity index is 320. The van der Waals surface area contributed by atoms with Gasteiger partial charge in [-0.2, -0.15) is 0 Å². The first kappa shape index (κ1) is 10.6. The molecule has 1 aromatic rings. The molecule has 1 aromatic carbocycles. The molecule has 0 radical (unpaired) electrons. The maximum Gasteiger partial charge on any atom is 0.169 e. The molecular formula is C11H14O3. The molecule has 0 aliphatic heterocycles. The van der Waals surface area contributed by atoms with Crippen LogP contribution in [-0.2, 0) is 4.79 Å². The fraction of sp³-hybridized carbons (Fsp3) is 0.364. The van der Waals surface area contributed by atoms with Gasteiger partial charge in [0.1, 0.15) is 0 Å². The van der Waals surface area contributed by atoms with Crippen molar-refractivity contribution >= 4 is 5.78 Å². The molecule has 0 N–H and O–H groups in total. The summed E-state index contributed by atoms with van der Waals surface area (Å²) in [6.07, 6.45) is -0.439. The molecule has 0 aromatic heterocycles. The summed E-state index contributed by atoms with van der Waals surface area (Å²) in [6, 6.07) is 7.26. The van der Waals surface area contributed by atoms with E-state index in [0.717, 1.165) is 0 Å². The lowest BCUT2D eigenvalue weighted by molar-refractivity contribution is -0.122. The van der Waals surface area contributed by atoms with Gasteiger partial charge in [-0.05, 0) is 26.0 Å². The van der Waals surface area contributed by atoms with E-state index in [1.54, 1.807) is 26.2 Å². The zero-order valence-corrected chi connectivity index (χ0v) is 8.61. The van der Waals surface area contributed by atoms with Gasteiger partial charge in [0, 0.05) is 0 Å². The smallest absolute Gasteiger partial charge is 0.169 e. The molecule has 0 amide bonds. The summed E-state index contributed by atoms with van der Waals surface area (Å²) in [6.45, 7) is 3.22. The second kappa shape index (κ2) is 4.65. The first-order valence-electron chi connectivity index (χ1n) is 4.45. The fourth-order valence-electron chi connectivity index (χ4n) is 0.990. The Labute approximate surface area is 83.6 Å². The molecule has 0 heterocycles. The fourth-order valence-corrected chi connectivity index (χ4v) is 0.990. The Morgan fingerprint density at radius 1 is 1.29 bits per heavy atom. The van der Waals surface area contributed by atoms with E-state index in [-0.39, 0.29) is 5.78 Å². The highest BCUT2D eigenvalue weighted by Crippen LogP contribution is 2.26. The second-order valence-electron chi connectivity index (χ2n) is 3.02. The molecule has 0 aliphatic carbocycles. The summed E-state index contributed by atoms with van der Waals surface area (Å²) in [4.78, 5) is 11.0. The Hall–Kier alpha value is -1.51. The third-order valence-electron chi connectivity index (χ3n) is 1.95. The van der Waals surface area contributed by atoms with E-state index in [9.17, 15) is 4.79 Å². The lowest BCUT2D eigenvalue weighted by atomic mass is 10.2. The lowest BCUT2D eigenvalue weighted by Crippen LogP contribution is -2.20. The van der Waals surface area contributed by atoms with Gasteiger partial charge < -0.3 is 9.47 Å². The molecule has 3 heteroatoms. The van der Waals surface area contributed by atoms with Crippen LogP contribution in [0.4, 0.5) is 0 Å². The predicted molar refractivity (Wildman–Crippen MR) is 53.8 cm³/mol. The van der Waals surface area contributed by atoms with Crippen molar-refractivity contribution in [3.63, 3.8) is 0 Å². The molecule has 0 saturated carbocycles. The molecule has 1 atom stereocenters. The van der Waals surface area contributed by atoms with E-state index in [2.05, 4.69) is 0 Å². The highest BCUT2D eigenvalue weighted by Gasteiger charge is 2.11. The van der Waals surface area contributed by atoms with Gasteiger partial charge in [-0.1, -0.05) is 12.1 Å². The Kier molecular flexibility index (Phi) is 3.51. The van der Waals surface area contributed by atoms with Crippen molar-refractivity contribution in [1.29, 1.82) is 0 Å². The van der Waals surface area contributed by atoms with Crippen molar-refractivity contribution in [3.8, 4) is 11.5 Å². The molecule has 0 bridgehead atoms. The van der Waals surface area contributed by atoms with Gasteiger partial charge in [0.2, 0.25) is 0 Å². The normalized spacial score (nSPS) is 11.9. The van der Waals surface area contributed by atoms with Gasteiger partial charge in [0.05, 0.1) is 7.11 Å². The first-order chi connectivity index (χ1) is 6.65. The minimum atomic E-state index is -0.439. The average molecular weight is 194 g/mol. The van der Waals surface area contributed by atoms with Crippen LogP contribution in [0.1, 0.15) is 13.8 Å². The molecular weight excluding hydrogens is 180 g/mol. The number of ketones is 1. The summed E-state index contributed by atoms with van der Waals surface area (Å²) in [5.74, 6) is 1.23. The molecule has 0 spiro atoms. The van der Waals surface area contributed by atoms with Crippen LogP contribution in [0.25, 0.3) is 0 Å². The second-order valence-corrected chi connectivity index (χ2v) is 3.02. The van der Waals surface area contributed by atoms with Gasteiger partial charge >= 0.3 is 0 Å². The van der Waals surface area contributed by atoms with Gasteiger partial charge in [-0.15, -0.1) is 0 Å². The molecule has 76 valence electrons. The lowest BCUT2D eigenvalue weighted by Gasteiger charge is -2.13. The molecule has 0 saturated heterocycles. The third kappa shape index (κ3) is 2.49. The number of rotatable bonds is 4. The van der Waals surface area contributed by atoms with E-state index in [1.807, 2.05) is 12.1 Å². The van der Waals surface area contributed by atoms with Gasteiger partial charge in [-0.25, -0.2) is 0 Å². The minimum absolute atomic E-state index is 0.00379. The first-order valence-corrected chi connectivity index (χ1v) is 4.45. The van der Waals surface area contributed by atoms with Crippen molar-refractivity contribution < 1.29 is 14.3 Å². The predicted octanol–water partition coefficient (Wildman–Crippen LogP) is 2.05. The van der Waals surface area contributed by atoms with Crippen LogP contribution in [0.15, 0.2) is 24.3 Å². The van der Waals surface area contributed by atoms with Gasteiger partial charge in [0.25, 0.3) is 0 Å². The van der Waals surface area contributed by atoms with Crippen LogP contribution in [0.3, 0.4) is 0 Å². The number of methoxy groups -OCH3 is 1. The van der Waals surface area contributed by atoms with Crippen molar-refractivity contribution in [2.45, 2.75) is 20.0 Å². The van der Waals surface area contributed by atoms with Crippen molar-refractivity contribution in [2.24, 2.45) is 0 Å². The number of carbonyl (C=O) groups excluding carboxylic acids is 1. The highest BCUT2D eigenvalue weighted by atomic mass is 16.5. The molecule has 1 rings (SSSR count). The SMILES string of the molecule is COc1ccccc1O[C@H](C)C(C)=O. The van der Waals surface area contributed by atoms with Crippen molar-refractivity contribution in [3.05, 3.63) is 24.3 Å². The number of carbonyl (C=O) groups is 1.